The van der Waals surface area contributed by atoms with Crippen LogP contribution >= 0.6 is 15.9 Å². The van der Waals surface area contributed by atoms with Crippen LogP contribution in [0.15, 0.2) is 41.0 Å². The van der Waals surface area contributed by atoms with E-state index < -0.39 is 0 Å². The van der Waals surface area contributed by atoms with Gasteiger partial charge in [-0.2, -0.15) is 4.98 Å². The van der Waals surface area contributed by atoms with Gasteiger partial charge in [0.05, 0.1) is 11.2 Å². The minimum absolute atomic E-state index is 0.369. The van der Waals surface area contributed by atoms with E-state index >= 15 is 0 Å². The third kappa shape index (κ3) is 2.93. The van der Waals surface area contributed by atoms with Crippen LogP contribution in [0.25, 0.3) is 10.9 Å². The van der Waals surface area contributed by atoms with Gasteiger partial charge in [0.2, 0.25) is 5.95 Å². The van der Waals surface area contributed by atoms with E-state index in [1.807, 2.05) is 37.3 Å². The first kappa shape index (κ1) is 13.7. The van der Waals surface area contributed by atoms with Crippen LogP contribution in [0.5, 0.6) is 0 Å². The predicted molar refractivity (Wildman–Crippen MR) is 87.3 cm³/mol. The molecular formula is C14H13BrN6. The quantitative estimate of drug-likeness (QED) is 0.499. The maximum atomic E-state index is 5.37. The van der Waals surface area contributed by atoms with Gasteiger partial charge in [-0.25, -0.2) is 10.8 Å². The van der Waals surface area contributed by atoms with Crippen molar-refractivity contribution in [3.63, 3.8) is 0 Å². The highest BCUT2D eigenvalue weighted by molar-refractivity contribution is 9.10. The van der Waals surface area contributed by atoms with E-state index in [-0.39, 0.29) is 0 Å². The van der Waals surface area contributed by atoms with E-state index in [9.17, 15) is 0 Å². The number of hydrogen-bond donors (Lipinski definition) is 3. The van der Waals surface area contributed by atoms with Gasteiger partial charge in [-0.05, 0) is 35.0 Å². The number of pyridine rings is 1. The minimum Gasteiger partial charge on any atom is -0.338 e. The molecule has 0 unspecified atom stereocenters. The summed E-state index contributed by atoms with van der Waals surface area (Å²) < 4.78 is 0.944. The van der Waals surface area contributed by atoms with Crippen LogP contribution in [0.3, 0.4) is 0 Å². The molecule has 0 saturated heterocycles. The number of hydrogen-bond acceptors (Lipinski definition) is 6. The number of para-hydroxylation sites is 1. The number of nitrogens with two attached hydrogens (primary N) is 1. The van der Waals surface area contributed by atoms with Crippen molar-refractivity contribution in [2.45, 2.75) is 6.92 Å². The van der Waals surface area contributed by atoms with Crippen LogP contribution in [0.4, 0.5) is 17.5 Å². The van der Waals surface area contributed by atoms with Gasteiger partial charge >= 0.3 is 0 Å². The summed E-state index contributed by atoms with van der Waals surface area (Å²) in [5, 5.41) is 4.30. The normalized spacial score (nSPS) is 10.6. The number of aromatic nitrogens is 3. The van der Waals surface area contributed by atoms with Gasteiger partial charge in [0.15, 0.2) is 0 Å². The van der Waals surface area contributed by atoms with Crippen molar-refractivity contribution in [1.82, 2.24) is 15.0 Å². The number of fused-ring (bicyclic) bond motifs is 1. The zero-order valence-corrected chi connectivity index (χ0v) is 12.8. The summed E-state index contributed by atoms with van der Waals surface area (Å²) in [6, 6.07) is 9.80. The second-order valence-corrected chi connectivity index (χ2v) is 5.43. The summed E-state index contributed by atoms with van der Waals surface area (Å²) in [4.78, 5) is 12.9. The number of nitrogens with one attached hydrogen (secondary N) is 2. The number of nitrogen functional groups attached to an aromatic ring is 1. The Morgan fingerprint density at radius 2 is 2.05 bits per heavy atom. The van der Waals surface area contributed by atoms with E-state index in [4.69, 9.17) is 5.84 Å². The van der Waals surface area contributed by atoms with Gasteiger partial charge in [-0.3, -0.25) is 10.4 Å². The summed E-state index contributed by atoms with van der Waals surface area (Å²) in [5.74, 6) is 6.40. The molecule has 0 spiro atoms. The molecule has 2 heterocycles. The third-order valence-electron chi connectivity index (χ3n) is 2.92. The standard InChI is InChI=1S/C14H13BrN6/c1-8-5-12(20-14(18-8)21-16)19-11-4-2-3-9-6-10(15)7-17-13(9)11/h2-7H,16H2,1H3,(H2,18,19,20,21). The molecule has 7 heteroatoms. The molecule has 0 atom stereocenters. The maximum absolute atomic E-state index is 5.37. The van der Waals surface area contributed by atoms with Crippen LogP contribution in [0.1, 0.15) is 5.69 Å². The largest absolute Gasteiger partial charge is 0.338 e. The van der Waals surface area contributed by atoms with Gasteiger partial charge in [-0.15, -0.1) is 0 Å². The lowest BCUT2D eigenvalue weighted by molar-refractivity contribution is 1.07. The van der Waals surface area contributed by atoms with Crippen molar-refractivity contribution in [3.8, 4) is 0 Å². The monoisotopic (exact) mass is 344 g/mol. The molecule has 6 nitrogen and oxygen atoms in total. The molecule has 1 aromatic carbocycles. The molecule has 0 amide bonds. The van der Waals surface area contributed by atoms with Crippen molar-refractivity contribution in [2.75, 3.05) is 10.7 Å². The highest BCUT2D eigenvalue weighted by atomic mass is 79.9. The van der Waals surface area contributed by atoms with E-state index in [0.29, 0.717) is 11.8 Å². The number of nitrogens with zero attached hydrogens (tertiary/aromatic N) is 3. The summed E-state index contributed by atoms with van der Waals surface area (Å²) in [6.07, 6.45) is 1.77. The van der Waals surface area contributed by atoms with Gasteiger partial charge in [0.25, 0.3) is 0 Å². The average molecular weight is 345 g/mol. The first-order chi connectivity index (χ1) is 10.2. The van der Waals surface area contributed by atoms with Gasteiger partial charge in [0.1, 0.15) is 5.82 Å². The molecule has 0 bridgehead atoms. The zero-order valence-electron chi connectivity index (χ0n) is 11.3. The lowest BCUT2D eigenvalue weighted by Crippen LogP contribution is -2.12. The first-order valence-corrected chi connectivity index (χ1v) is 7.08. The maximum Gasteiger partial charge on any atom is 0.239 e. The molecule has 0 aliphatic heterocycles. The van der Waals surface area contributed by atoms with Crippen LogP contribution in [0.2, 0.25) is 0 Å². The molecule has 0 saturated carbocycles. The SMILES string of the molecule is Cc1cc(Nc2cccc3cc(Br)cnc23)nc(NN)n1. The topological polar surface area (TPSA) is 88.8 Å². The van der Waals surface area contributed by atoms with E-state index in [1.54, 1.807) is 6.20 Å². The number of aryl methyl sites for hydroxylation is 1. The van der Waals surface area contributed by atoms with Crippen molar-refractivity contribution in [2.24, 2.45) is 5.84 Å². The summed E-state index contributed by atoms with van der Waals surface area (Å²) in [7, 11) is 0. The van der Waals surface area contributed by atoms with Crippen molar-refractivity contribution < 1.29 is 0 Å². The fourth-order valence-electron chi connectivity index (χ4n) is 2.07. The van der Waals surface area contributed by atoms with E-state index in [1.165, 1.54) is 0 Å². The Kier molecular flexibility index (Phi) is 3.68. The van der Waals surface area contributed by atoms with Crippen LogP contribution in [0, 0.1) is 6.92 Å². The molecular weight excluding hydrogens is 332 g/mol. The highest BCUT2D eigenvalue weighted by Crippen LogP contribution is 2.26. The minimum atomic E-state index is 0.369. The molecule has 0 aliphatic carbocycles. The molecule has 0 radical (unpaired) electrons. The summed E-state index contributed by atoms with van der Waals surface area (Å²) in [6.45, 7) is 1.88. The van der Waals surface area contributed by atoms with Gasteiger partial charge < -0.3 is 5.32 Å². The third-order valence-corrected chi connectivity index (χ3v) is 3.36. The van der Waals surface area contributed by atoms with Crippen LogP contribution in [-0.4, -0.2) is 15.0 Å². The lowest BCUT2D eigenvalue weighted by Gasteiger charge is -2.10. The Bertz CT molecular complexity index is 805. The number of rotatable bonds is 3. The number of anilines is 3. The Morgan fingerprint density at radius 3 is 2.86 bits per heavy atom. The molecule has 3 aromatic rings. The zero-order chi connectivity index (χ0) is 14.8. The van der Waals surface area contributed by atoms with Gasteiger partial charge in [-0.1, -0.05) is 12.1 Å². The molecule has 0 fully saturated rings. The Morgan fingerprint density at radius 1 is 1.19 bits per heavy atom. The van der Waals surface area contributed by atoms with E-state index in [0.717, 1.165) is 26.8 Å². The fourth-order valence-corrected chi connectivity index (χ4v) is 2.42. The smallest absolute Gasteiger partial charge is 0.239 e. The van der Waals surface area contributed by atoms with Crippen LogP contribution < -0.4 is 16.6 Å². The number of benzene rings is 1. The molecule has 0 aliphatic rings. The first-order valence-electron chi connectivity index (χ1n) is 6.29. The second kappa shape index (κ2) is 5.63. The van der Waals surface area contributed by atoms with Crippen molar-refractivity contribution in [1.29, 1.82) is 0 Å². The number of hydrazine groups is 1. The predicted octanol–water partition coefficient (Wildman–Crippen LogP) is 3.12. The molecule has 4 N–H and O–H groups in total. The van der Waals surface area contributed by atoms with E-state index in [2.05, 4.69) is 41.6 Å². The molecule has 106 valence electrons. The Balaban J connectivity index is 2.04. The average Bonchev–Trinajstić information content (AvgIpc) is 2.46. The Hall–Kier alpha value is -2.25. The molecule has 3 rings (SSSR count). The highest BCUT2D eigenvalue weighted by Gasteiger charge is 2.06. The van der Waals surface area contributed by atoms with Crippen molar-refractivity contribution in [3.05, 3.63) is 46.7 Å². The molecule has 21 heavy (non-hydrogen) atoms. The second-order valence-electron chi connectivity index (χ2n) is 4.52. The summed E-state index contributed by atoms with van der Waals surface area (Å²) in [5.41, 5.74) is 5.02. The fraction of sp³-hybridized carbons (Fsp3) is 0.0714. The van der Waals surface area contributed by atoms with Crippen molar-refractivity contribution >= 4 is 44.3 Å². The number of halogens is 1. The summed E-state index contributed by atoms with van der Waals surface area (Å²) >= 11 is 3.43. The van der Waals surface area contributed by atoms with Gasteiger partial charge in [0, 0.05) is 27.8 Å². The lowest BCUT2D eigenvalue weighted by atomic mass is 10.2. The van der Waals surface area contributed by atoms with Crippen LogP contribution in [-0.2, 0) is 0 Å². The molecule has 2 aromatic heterocycles. The Labute approximate surface area is 129 Å².